The van der Waals surface area contributed by atoms with Gasteiger partial charge in [0.2, 0.25) is 0 Å². The molecule has 2 aliphatic rings. The largest absolute Gasteiger partial charge is 0.463 e. The minimum atomic E-state index is -0.583. The highest BCUT2D eigenvalue weighted by atomic mass is 35.5. The van der Waals surface area contributed by atoms with Gasteiger partial charge in [-0.05, 0) is 58.3 Å². The number of carbonyl (C=O) groups excluding carboxylic acids is 1. The number of allylic oxidation sites excluding steroid dienone is 2. The molecule has 2 N–H and O–H groups in total. The smallest absolute Gasteiger partial charge is 0.306 e. The number of ether oxygens (including phenoxy) is 2. The van der Waals surface area contributed by atoms with Crippen molar-refractivity contribution < 1.29 is 24.5 Å². The zero-order valence-corrected chi connectivity index (χ0v) is 18.7. The molecule has 2 rings (SSSR count). The molecule has 0 aromatic heterocycles. The second-order valence-corrected chi connectivity index (χ2v) is 9.44. The third-order valence-corrected chi connectivity index (χ3v) is 6.58. The number of hydrogen-bond donors (Lipinski definition) is 2. The number of halogens is 1. The summed E-state index contributed by atoms with van der Waals surface area (Å²) in [6.07, 6.45) is 11.7. The first-order valence-corrected chi connectivity index (χ1v) is 11.8. The molecule has 0 aromatic rings. The molecule has 0 saturated heterocycles. The third-order valence-electron chi connectivity index (χ3n) is 6.08. The van der Waals surface area contributed by atoms with E-state index in [2.05, 4.69) is 12.2 Å². The number of carbonyl (C=O) groups is 1. The Labute approximate surface area is 180 Å². The molecule has 0 amide bonds. The van der Waals surface area contributed by atoms with Gasteiger partial charge in [0.1, 0.15) is 0 Å². The van der Waals surface area contributed by atoms with Crippen LogP contribution in [0, 0.1) is 11.8 Å². The number of aliphatic hydroxyl groups is 2. The van der Waals surface area contributed by atoms with Gasteiger partial charge in [0, 0.05) is 17.7 Å². The Morgan fingerprint density at radius 3 is 2.62 bits per heavy atom. The van der Waals surface area contributed by atoms with E-state index in [1.54, 1.807) is 0 Å². The van der Waals surface area contributed by atoms with Gasteiger partial charge in [-0.1, -0.05) is 31.4 Å². The molecule has 168 valence electrons. The lowest BCUT2D eigenvalue weighted by atomic mass is 9.85. The van der Waals surface area contributed by atoms with Crippen molar-refractivity contribution in [2.45, 2.75) is 108 Å². The molecule has 2 aliphatic carbocycles. The molecule has 0 aliphatic heterocycles. The first-order chi connectivity index (χ1) is 13.9. The van der Waals surface area contributed by atoms with Crippen LogP contribution in [0.1, 0.15) is 78.1 Å². The van der Waals surface area contributed by atoms with Gasteiger partial charge in [-0.25, -0.2) is 0 Å². The first kappa shape index (κ1) is 24.6. The lowest BCUT2D eigenvalue weighted by Crippen LogP contribution is -2.35. The van der Waals surface area contributed by atoms with E-state index in [-0.39, 0.29) is 36.1 Å². The van der Waals surface area contributed by atoms with Gasteiger partial charge in [0.05, 0.1) is 31.0 Å². The summed E-state index contributed by atoms with van der Waals surface area (Å²) >= 11 is 6.46. The van der Waals surface area contributed by atoms with Crippen LogP contribution in [0.5, 0.6) is 0 Å². The van der Waals surface area contributed by atoms with Crippen molar-refractivity contribution in [3.8, 4) is 0 Å². The summed E-state index contributed by atoms with van der Waals surface area (Å²) in [4.78, 5) is 11.5. The normalized spacial score (nSPS) is 29.6. The van der Waals surface area contributed by atoms with E-state index in [1.807, 2.05) is 13.8 Å². The molecule has 0 unspecified atom stereocenters. The van der Waals surface area contributed by atoms with Crippen molar-refractivity contribution >= 4 is 17.6 Å². The Morgan fingerprint density at radius 1 is 1.21 bits per heavy atom. The molecule has 0 radical (unpaired) electrons. The van der Waals surface area contributed by atoms with Gasteiger partial charge in [0.25, 0.3) is 0 Å². The van der Waals surface area contributed by atoms with Crippen LogP contribution in [0.15, 0.2) is 12.2 Å². The van der Waals surface area contributed by atoms with Gasteiger partial charge in [-0.15, -0.1) is 11.6 Å². The van der Waals surface area contributed by atoms with E-state index in [1.165, 1.54) is 19.3 Å². The monoisotopic (exact) mass is 430 g/mol. The summed E-state index contributed by atoms with van der Waals surface area (Å²) in [6.45, 7) is 3.97. The van der Waals surface area contributed by atoms with Crippen molar-refractivity contribution in [1.29, 1.82) is 0 Å². The molecule has 29 heavy (non-hydrogen) atoms. The van der Waals surface area contributed by atoms with Gasteiger partial charge in [-0.2, -0.15) is 0 Å². The van der Waals surface area contributed by atoms with Crippen LogP contribution in [0.25, 0.3) is 0 Å². The molecular formula is C23H39ClO5. The SMILES string of the molecule is CC(C)OC(=O)CCC/C=C/C[C@@H]1[C@@H](OC[C@@H](O)C2CCCCC2)[C@H](O)C[C@H]1Cl. The van der Waals surface area contributed by atoms with Crippen molar-refractivity contribution in [2.24, 2.45) is 11.8 Å². The topological polar surface area (TPSA) is 76.0 Å². The Bertz CT molecular complexity index is 503. The quantitative estimate of drug-likeness (QED) is 0.220. The van der Waals surface area contributed by atoms with Crippen molar-refractivity contribution in [2.75, 3.05) is 6.61 Å². The predicted molar refractivity (Wildman–Crippen MR) is 115 cm³/mol. The van der Waals surface area contributed by atoms with E-state index in [9.17, 15) is 15.0 Å². The fourth-order valence-electron chi connectivity index (χ4n) is 4.47. The number of rotatable bonds is 11. The Kier molecular flexibility index (Phi) is 11.0. The Morgan fingerprint density at radius 2 is 1.93 bits per heavy atom. The fourth-order valence-corrected chi connectivity index (χ4v) is 4.90. The van der Waals surface area contributed by atoms with Gasteiger partial charge >= 0.3 is 5.97 Å². The molecule has 5 nitrogen and oxygen atoms in total. The van der Waals surface area contributed by atoms with Crippen molar-refractivity contribution in [1.82, 2.24) is 0 Å². The number of alkyl halides is 1. The van der Waals surface area contributed by atoms with Crippen molar-refractivity contribution in [3.05, 3.63) is 12.2 Å². The molecule has 0 spiro atoms. The average molecular weight is 431 g/mol. The van der Waals surface area contributed by atoms with E-state index in [4.69, 9.17) is 21.1 Å². The third kappa shape index (κ3) is 8.56. The zero-order valence-electron chi connectivity index (χ0n) is 18.0. The standard InChI is InChI=1S/C23H39ClO5/c1-16(2)29-22(27)13-9-4-3-8-12-18-19(24)14-20(25)23(18)28-15-21(26)17-10-6-5-7-11-17/h3,8,16-21,23,25-26H,4-7,9-15H2,1-2H3/b8-3+/t18-,19+,20+,21+,23+/m0/s1. The lowest BCUT2D eigenvalue weighted by Gasteiger charge is -2.29. The number of unbranched alkanes of at least 4 members (excludes halogenated alkanes) is 1. The summed E-state index contributed by atoms with van der Waals surface area (Å²) < 4.78 is 11.1. The minimum Gasteiger partial charge on any atom is -0.463 e. The molecule has 2 saturated carbocycles. The van der Waals surface area contributed by atoms with E-state index < -0.39 is 12.2 Å². The van der Waals surface area contributed by atoms with Crippen LogP contribution < -0.4 is 0 Å². The summed E-state index contributed by atoms with van der Waals surface area (Å²) in [5.41, 5.74) is 0. The first-order valence-electron chi connectivity index (χ1n) is 11.3. The molecule has 0 bridgehead atoms. The van der Waals surface area contributed by atoms with Gasteiger partial charge in [-0.3, -0.25) is 4.79 Å². The summed E-state index contributed by atoms with van der Waals surface area (Å²) in [5.74, 6) is 0.195. The minimum absolute atomic E-state index is 0.0346. The van der Waals surface area contributed by atoms with Crippen LogP contribution in [-0.2, 0) is 14.3 Å². The van der Waals surface area contributed by atoms with Crippen LogP contribution in [-0.4, -0.2) is 52.6 Å². The summed E-state index contributed by atoms with van der Waals surface area (Å²) in [6, 6.07) is 0. The Balaban J connectivity index is 1.72. The van der Waals surface area contributed by atoms with Crippen LogP contribution in [0.2, 0.25) is 0 Å². The number of hydrogen-bond acceptors (Lipinski definition) is 5. The zero-order chi connectivity index (χ0) is 21.2. The maximum atomic E-state index is 11.5. The van der Waals surface area contributed by atoms with Crippen LogP contribution in [0.4, 0.5) is 0 Å². The number of aliphatic hydroxyl groups excluding tert-OH is 2. The summed E-state index contributed by atoms with van der Waals surface area (Å²) in [5, 5.41) is 20.7. The van der Waals surface area contributed by atoms with E-state index in [0.717, 1.165) is 32.1 Å². The second-order valence-electron chi connectivity index (χ2n) is 8.88. The lowest BCUT2D eigenvalue weighted by molar-refractivity contribution is -0.147. The van der Waals surface area contributed by atoms with Gasteiger partial charge in [0.15, 0.2) is 0 Å². The molecule has 0 heterocycles. The number of esters is 1. The van der Waals surface area contributed by atoms with Crippen molar-refractivity contribution in [3.63, 3.8) is 0 Å². The highest BCUT2D eigenvalue weighted by Gasteiger charge is 2.42. The predicted octanol–water partition coefficient (Wildman–Crippen LogP) is 4.37. The Hall–Kier alpha value is -0.620. The molecule has 2 fully saturated rings. The highest BCUT2D eigenvalue weighted by molar-refractivity contribution is 6.21. The second kappa shape index (κ2) is 12.9. The summed E-state index contributed by atoms with van der Waals surface area (Å²) in [7, 11) is 0. The maximum Gasteiger partial charge on any atom is 0.306 e. The molecule has 6 heteroatoms. The fraction of sp³-hybridized carbons (Fsp3) is 0.870. The molecule has 5 atom stereocenters. The van der Waals surface area contributed by atoms with Gasteiger partial charge < -0.3 is 19.7 Å². The maximum absolute atomic E-state index is 11.5. The van der Waals surface area contributed by atoms with E-state index >= 15 is 0 Å². The van der Waals surface area contributed by atoms with Crippen LogP contribution in [0.3, 0.4) is 0 Å². The van der Waals surface area contributed by atoms with E-state index in [0.29, 0.717) is 18.8 Å². The molecule has 0 aromatic carbocycles. The van der Waals surface area contributed by atoms with Crippen LogP contribution >= 0.6 is 11.6 Å². The highest BCUT2D eigenvalue weighted by Crippen LogP contribution is 2.36. The molecular weight excluding hydrogens is 392 g/mol. The average Bonchev–Trinajstić information content (AvgIpc) is 2.95.